The molecule has 0 fully saturated rings. The minimum atomic E-state index is -0.533. The van der Waals surface area contributed by atoms with Gasteiger partial charge in [0.1, 0.15) is 0 Å². The second-order valence-corrected chi connectivity index (χ2v) is 4.92. The maximum Gasteiger partial charge on any atom is 0.274 e. The summed E-state index contributed by atoms with van der Waals surface area (Å²) >= 11 is 0. The van der Waals surface area contributed by atoms with Crippen LogP contribution in [0.4, 0.5) is 15.8 Å². The number of methoxy groups -OCH3 is 1. The van der Waals surface area contributed by atoms with E-state index < -0.39 is 16.6 Å². The monoisotopic (exact) mass is 330 g/mol. The Hall–Kier alpha value is -3.22. The molecule has 0 aromatic heterocycles. The van der Waals surface area contributed by atoms with Crippen LogP contribution in [-0.4, -0.2) is 17.9 Å². The lowest BCUT2D eigenvalue weighted by Gasteiger charge is -2.06. The van der Waals surface area contributed by atoms with E-state index in [0.717, 1.165) is 0 Å². The Bertz CT molecular complexity index is 818. The van der Waals surface area contributed by atoms with Gasteiger partial charge in [-0.3, -0.25) is 14.9 Å². The van der Waals surface area contributed by atoms with Gasteiger partial charge in [-0.15, -0.1) is 0 Å². The van der Waals surface area contributed by atoms with Crippen LogP contribution in [0.25, 0.3) is 6.08 Å². The standard InChI is InChI=1S/C17H15FN2O4/c1-11-14(4-3-5-15(11)20(22)23)19-17(21)9-7-12-6-8-16(24-2)13(18)10-12/h3-10H,1-2H3,(H,19,21)/b9-7+. The largest absolute Gasteiger partial charge is 0.494 e. The Morgan fingerprint density at radius 1 is 1.33 bits per heavy atom. The first-order valence-corrected chi connectivity index (χ1v) is 6.99. The molecule has 2 aromatic carbocycles. The molecule has 0 aliphatic heterocycles. The van der Waals surface area contributed by atoms with Gasteiger partial charge in [0.05, 0.1) is 23.3 Å². The van der Waals surface area contributed by atoms with Crippen molar-refractivity contribution in [2.75, 3.05) is 12.4 Å². The highest BCUT2D eigenvalue weighted by Crippen LogP contribution is 2.25. The summed E-state index contributed by atoms with van der Waals surface area (Å²) in [5.41, 5.74) is 1.12. The minimum Gasteiger partial charge on any atom is -0.494 e. The van der Waals surface area contributed by atoms with Crippen molar-refractivity contribution in [2.24, 2.45) is 0 Å². The summed E-state index contributed by atoms with van der Waals surface area (Å²) in [7, 11) is 1.36. The van der Waals surface area contributed by atoms with Crippen LogP contribution in [0, 0.1) is 22.9 Å². The molecule has 0 heterocycles. The topological polar surface area (TPSA) is 81.5 Å². The van der Waals surface area contributed by atoms with E-state index in [1.54, 1.807) is 19.1 Å². The molecule has 0 aliphatic carbocycles. The Kier molecular flexibility index (Phi) is 5.26. The van der Waals surface area contributed by atoms with Crippen LogP contribution in [0.1, 0.15) is 11.1 Å². The van der Waals surface area contributed by atoms with Crippen LogP contribution in [-0.2, 0) is 4.79 Å². The molecule has 0 radical (unpaired) electrons. The van der Waals surface area contributed by atoms with Crippen molar-refractivity contribution in [1.82, 2.24) is 0 Å². The number of benzene rings is 2. The number of amides is 1. The molecule has 6 nitrogen and oxygen atoms in total. The van der Waals surface area contributed by atoms with Crippen LogP contribution < -0.4 is 10.1 Å². The zero-order valence-electron chi connectivity index (χ0n) is 13.1. The third-order valence-corrected chi connectivity index (χ3v) is 3.36. The molecule has 0 unspecified atom stereocenters. The van der Waals surface area contributed by atoms with Crippen molar-refractivity contribution in [2.45, 2.75) is 6.92 Å². The smallest absolute Gasteiger partial charge is 0.274 e. The summed E-state index contributed by atoms with van der Waals surface area (Å²) in [4.78, 5) is 22.3. The van der Waals surface area contributed by atoms with E-state index in [4.69, 9.17) is 4.74 Å². The van der Waals surface area contributed by atoms with Gasteiger partial charge in [0.15, 0.2) is 11.6 Å². The number of nitrogens with zero attached hydrogens (tertiary/aromatic N) is 1. The van der Waals surface area contributed by atoms with E-state index in [0.29, 0.717) is 16.8 Å². The molecule has 0 atom stereocenters. The predicted octanol–water partition coefficient (Wildman–Crippen LogP) is 3.70. The van der Waals surface area contributed by atoms with Gasteiger partial charge in [-0.05, 0) is 36.8 Å². The number of nitro groups is 1. The normalized spacial score (nSPS) is 10.6. The molecule has 1 amide bonds. The summed E-state index contributed by atoms with van der Waals surface area (Å²) in [6, 6.07) is 8.72. The molecule has 0 aliphatic rings. The Morgan fingerprint density at radius 3 is 2.71 bits per heavy atom. The lowest BCUT2D eigenvalue weighted by atomic mass is 10.1. The predicted molar refractivity (Wildman–Crippen MR) is 88.4 cm³/mol. The number of carbonyl (C=O) groups is 1. The molecular weight excluding hydrogens is 315 g/mol. The van der Waals surface area contributed by atoms with Gasteiger partial charge in [0.25, 0.3) is 5.69 Å². The van der Waals surface area contributed by atoms with Gasteiger partial charge < -0.3 is 10.1 Å². The highest BCUT2D eigenvalue weighted by atomic mass is 19.1. The van der Waals surface area contributed by atoms with Crippen LogP contribution in [0.5, 0.6) is 5.75 Å². The van der Waals surface area contributed by atoms with Gasteiger partial charge in [-0.25, -0.2) is 4.39 Å². The molecule has 0 saturated heterocycles. The van der Waals surface area contributed by atoms with Gasteiger partial charge in [0.2, 0.25) is 5.91 Å². The highest BCUT2D eigenvalue weighted by Gasteiger charge is 2.13. The number of anilines is 1. The van der Waals surface area contributed by atoms with Gasteiger partial charge in [-0.2, -0.15) is 0 Å². The fourth-order valence-corrected chi connectivity index (χ4v) is 2.09. The summed E-state index contributed by atoms with van der Waals surface area (Å²) in [6.07, 6.45) is 2.66. The average molecular weight is 330 g/mol. The van der Waals surface area contributed by atoms with Gasteiger partial charge in [0, 0.05) is 12.1 Å². The van der Waals surface area contributed by atoms with Crippen molar-refractivity contribution < 1.29 is 18.8 Å². The maximum absolute atomic E-state index is 13.6. The van der Waals surface area contributed by atoms with E-state index in [1.165, 1.54) is 43.5 Å². The number of hydrogen-bond donors (Lipinski definition) is 1. The number of hydrogen-bond acceptors (Lipinski definition) is 4. The highest BCUT2D eigenvalue weighted by molar-refractivity contribution is 6.02. The third kappa shape index (κ3) is 3.95. The zero-order chi connectivity index (χ0) is 17.7. The second kappa shape index (κ2) is 7.36. The zero-order valence-corrected chi connectivity index (χ0v) is 13.1. The fourth-order valence-electron chi connectivity index (χ4n) is 2.09. The lowest BCUT2D eigenvalue weighted by molar-refractivity contribution is -0.385. The van der Waals surface area contributed by atoms with Crippen LogP contribution in [0.15, 0.2) is 42.5 Å². The first kappa shape index (κ1) is 17.1. The van der Waals surface area contributed by atoms with Crippen molar-refractivity contribution in [3.05, 3.63) is 69.5 Å². The molecule has 7 heteroatoms. The molecule has 24 heavy (non-hydrogen) atoms. The number of ether oxygens (including phenoxy) is 1. The molecule has 2 aromatic rings. The van der Waals surface area contributed by atoms with Crippen molar-refractivity contribution in [3.63, 3.8) is 0 Å². The SMILES string of the molecule is COc1ccc(/C=C/C(=O)Nc2cccc([N+](=O)[O-])c2C)cc1F. The quantitative estimate of drug-likeness (QED) is 0.515. The van der Waals surface area contributed by atoms with E-state index in [-0.39, 0.29) is 11.4 Å². The maximum atomic E-state index is 13.6. The number of halogens is 1. The summed E-state index contributed by atoms with van der Waals surface area (Å²) < 4.78 is 18.4. The van der Waals surface area contributed by atoms with E-state index in [1.807, 2.05) is 0 Å². The molecule has 2 rings (SSSR count). The molecule has 0 bridgehead atoms. The molecular formula is C17H15FN2O4. The molecule has 0 saturated carbocycles. The number of rotatable bonds is 5. The Labute approximate surface area is 137 Å². The number of nitrogens with one attached hydrogen (secondary N) is 1. The summed E-state index contributed by atoms with van der Waals surface area (Å²) in [5, 5.41) is 13.5. The summed E-state index contributed by atoms with van der Waals surface area (Å²) in [6.45, 7) is 1.55. The first-order chi connectivity index (χ1) is 11.4. The van der Waals surface area contributed by atoms with Gasteiger partial charge >= 0.3 is 0 Å². The number of carbonyl (C=O) groups excluding carboxylic acids is 1. The van der Waals surface area contributed by atoms with Gasteiger partial charge in [-0.1, -0.05) is 12.1 Å². The Morgan fingerprint density at radius 2 is 2.08 bits per heavy atom. The second-order valence-electron chi connectivity index (χ2n) is 4.92. The molecule has 124 valence electrons. The minimum absolute atomic E-state index is 0.0750. The van der Waals surface area contributed by atoms with Crippen molar-refractivity contribution in [1.29, 1.82) is 0 Å². The molecule has 0 spiro atoms. The average Bonchev–Trinajstić information content (AvgIpc) is 2.54. The van der Waals surface area contributed by atoms with Crippen LogP contribution in [0.2, 0.25) is 0 Å². The first-order valence-electron chi connectivity index (χ1n) is 6.99. The van der Waals surface area contributed by atoms with Crippen LogP contribution >= 0.6 is 0 Å². The van der Waals surface area contributed by atoms with E-state index in [2.05, 4.69) is 5.32 Å². The van der Waals surface area contributed by atoms with Crippen LogP contribution in [0.3, 0.4) is 0 Å². The number of nitro benzene ring substituents is 1. The van der Waals surface area contributed by atoms with Crippen molar-refractivity contribution >= 4 is 23.4 Å². The van der Waals surface area contributed by atoms with Crippen molar-refractivity contribution in [3.8, 4) is 5.75 Å². The lowest BCUT2D eigenvalue weighted by Crippen LogP contribution is -2.09. The third-order valence-electron chi connectivity index (χ3n) is 3.36. The molecule has 1 N–H and O–H groups in total. The van der Waals surface area contributed by atoms with E-state index in [9.17, 15) is 19.3 Å². The Balaban J connectivity index is 2.12. The summed E-state index contributed by atoms with van der Waals surface area (Å²) in [5.74, 6) is -0.895. The fraction of sp³-hybridized carbons (Fsp3) is 0.118. The van der Waals surface area contributed by atoms with E-state index >= 15 is 0 Å².